The van der Waals surface area contributed by atoms with Crippen LogP contribution in [0.5, 0.6) is 0 Å². The summed E-state index contributed by atoms with van der Waals surface area (Å²) in [5.74, 6) is -0.324. The van der Waals surface area contributed by atoms with Gasteiger partial charge in [-0.15, -0.1) is 0 Å². The van der Waals surface area contributed by atoms with Gasteiger partial charge >= 0.3 is 0 Å². The third-order valence-electron chi connectivity index (χ3n) is 1.99. The quantitative estimate of drug-likeness (QED) is 0.793. The van der Waals surface area contributed by atoms with E-state index in [0.29, 0.717) is 16.1 Å². The van der Waals surface area contributed by atoms with Gasteiger partial charge in [0.05, 0.1) is 11.1 Å². The Morgan fingerprint density at radius 3 is 2.93 bits per heavy atom. The number of rotatable bonds is 2. The molecular weight excluding hydrogens is 216 g/mol. The summed E-state index contributed by atoms with van der Waals surface area (Å²) in [7, 11) is 0. The monoisotopic (exact) mass is 224 g/mol. The lowest BCUT2D eigenvalue weighted by Crippen LogP contribution is -2.26. The van der Waals surface area contributed by atoms with Crippen molar-refractivity contribution in [3.63, 3.8) is 0 Å². The van der Waals surface area contributed by atoms with Gasteiger partial charge in [0.1, 0.15) is 5.52 Å². The zero-order valence-electron chi connectivity index (χ0n) is 8.03. The second-order valence-electron chi connectivity index (χ2n) is 3.26. The molecule has 1 unspecified atom stereocenters. The van der Waals surface area contributed by atoms with E-state index in [1.165, 1.54) is 0 Å². The lowest BCUT2D eigenvalue weighted by atomic mass is 10.2. The number of fused-ring (bicyclic) bond motifs is 1. The van der Waals surface area contributed by atoms with Crippen molar-refractivity contribution in [1.82, 2.24) is 4.98 Å². The molecule has 2 N–H and O–H groups in total. The first-order valence-corrected chi connectivity index (χ1v) is 4.82. The predicted octanol–water partition coefficient (Wildman–Crippen LogP) is 2.01. The molecule has 0 aliphatic carbocycles. The number of ketones is 1. The van der Waals surface area contributed by atoms with Crippen LogP contribution >= 0.6 is 11.6 Å². The molecule has 1 aromatic carbocycles. The van der Waals surface area contributed by atoms with Gasteiger partial charge in [-0.1, -0.05) is 17.7 Å². The number of para-hydroxylation sites is 1. The maximum atomic E-state index is 11.5. The van der Waals surface area contributed by atoms with Gasteiger partial charge in [-0.25, -0.2) is 4.98 Å². The van der Waals surface area contributed by atoms with Crippen molar-refractivity contribution >= 4 is 28.5 Å². The Morgan fingerprint density at radius 2 is 2.33 bits per heavy atom. The Hall–Kier alpha value is -1.39. The number of Topliss-reactive ketones (excluding diaryl/α,β-unsaturated/α-hetero) is 1. The Balaban J connectivity index is 2.57. The summed E-state index contributed by atoms with van der Waals surface area (Å²) in [6, 6.07) is 4.52. The van der Waals surface area contributed by atoms with E-state index in [2.05, 4.69) is 4.98 Å². The summed E-state index contributed by atoms with van der Waals surface area (Å²) in [4.78, 5) is 15.5. The van der Waals surface area contributed by atoms with Gasteiger partial charge in [0.25, 0.3) is 5.89 Å². The Bertz CT molecular complexity index is 519. The van der Waals surface area contributed by atoms with Crippen molar-refractivity contribution in [2.24, 2.45) is 5.73 Å². The van der Waals surface area contributed by atoms with Gasteiger partial charge in [0.15, 0.2) is 5.58 Å². The lowest BCUT2D eigenvalue weighted by molar-refractivity contribution is 0.0936. The van der Waals surface area contributed by atoms with Crippen molar-refractivity contribution in [2.45, 2.75) is 13.0 Å². The normalized spacial score (nSPS) is 13.0. The molecule has 0 saturated carbocycles. The smallest absolute Gasteiger partial charge is 0.266 e. The van der Waals surface area contributed by atoms with Crippen molar-refractivity contribution in [3.8, 4) is 0 Å². The van der Waals surface area contributed by atoms with Gasteiger partial charge < -0.3 is 10.2 Å². The number of oxazole rings is 1. The highest BCUT2D eigenvalue weighted by Crippen LogP contribution is 2.24. The maximum Gasteiger partial charge on any atom is 0.266 e. The van der Waals surface area contributed by atoms with E-state index < -0.39 is 6.04 Å². The molecule has 0 aliphatic rings. The van der Waals surface area contributed by atoms with E-state index in [9.17, 15) is 4.79 Å². The average Bonchev–Trinajstić information content (AvgIpc) is 2.61. The van der Waals surface area contributed by atoms with Gasteiger partial charge in [0.2, 0.25) is 5.78 Å². The lowest BCUT2D eigenvalue weighted by Gasteiger charge is -1.97. The number of benzene rings is 1. The molecule has 0 aliphatic heterocycles. The van der Waals surface area contributed by atoms with Crippen molar-refractivity contribution < 1.29 is 9.21 Å². The highest BCUT2D eigenvalue weighted by molar-refractivity contribution is 6.34. The van der Waals surface area contributed by atoms with Crippen molar-refractivity contribution in [1.29, 1.82) is 0 Å². The molecule has 0 spiro atoms. The molecule has 4 nitrogen and oxygen atoms in total. The molecule has 1 atom stereocenters. The summed E-state index contributed by atoms with van der Waals surface area (Å²) in [6.45, 7) is 1.58. The Labute approximate surface area is 91.0 Å². The molecule has 15 heavy (non-hydrogen) atoms. The number of carbonyl (C=O) groups is 1. The zero-order chi connectivity index (χ0) is 11.0. The highest BCUT2D eigenvalue weighted by atomic mass is 35.5. The fraction of sp³-hybridized carbons (Fsp3) is 0.200. The van der Waals surface area contributed by atoms with Gasteiger partial charge in [-0.3, -0.25) is 4.79 Å². The fourth-order valence-corrected chi connectivity index (χ4v) is 1.42. The number of nitrogens with two attached hydrogens (primary N) is 1. The summed E-state index contributed by atoms with van der Waals surface area (Å²) in [5.41, 5.74) is 6.43. The minimum Gasteiger partial charge on any atom is -0.432 e. The maximum absolute atomic E-state index is 11.5. The van der Waals surface area contributed by atoms with Crippen LogP contribution in [0.3, 0.4) is 0 Å². The first kappa shape index (κ1) is 10.1. The number of carbonyl (C=O) groups excluding carboxylic acids is 1. The van der Waals surface area contributed by atoms with E-state index >= 15 is 0 Å². The first-order valence-electron chi connectivity index (χ1n) is 4.44. The van der Waals surface area contributed by atoms with E-state index in [1.54, 1.807) is 25.1 Å². The molecule has 0 radical (unpaired) electrons. The van der Waals surface area contributed by atoms with Crippen LogP contribution in [0.1, 0.15) is 17.6 Å². The number of halogens is 1. The first-order chi connectivity index (χ1) is 7.09. The van der Waals surface area contributed by atoms with Crippen LogP contribution in [0.4, 0.5) is 0 Å². The van der Waals surface area contributed by atoms with Crippen LogP contribution in [0, 0.1) is 0 Å². The van der Waals surface area contributed by atoms with Gasteiger partial charge in [-0.05, 0) is 19.1 Å². The van der Waals surface area contributed by atoms with Crippen LogP contribution in [0.15, 0.2) is 22.6 Å². The molecule has 78 valence electrons. The van der Waals surface area contributed by atoms with Crippen LogP contribution in [0.2, 0.25) is 5.02 Å². The topological polar surface area (TPSA) is 69.1 Å². The van der Waals surface area contributed by atoms with Crippen LogP contribution in [-0.2, 0) is 0 Å². The molecule has 1 heterocycles. The molecule has 0 amide bonds. The van der Waals surface area contributed by atoms with Crippen LogP contribution < -0.4 is 5.73 Å². The molecule has 5 heteroatoms. The SMILES string of the molecule is CC(N)C(=O)c1nc2cccc(Cl)c2o1. The molecule has 0 fully saturated rings. The molecule has 0 saturated heterocycles. The summed E-state index contributed by atoms with van der Waals surface area (Å²) in [6.07, 6.45) is 0. The minimum atomic E-state index is -0.628. The minimum absolute atomic E-state index is 0.00750. The average molecular weight is 225 g/mol. The van der Waals surface area contributed by atoms with E-state index in [0.717, 1.165) is 0 Å². The van der Waals surface area contributed by atoms with Crippen LogP contribution in [-0.4, -0.2) is 16.8 Å². The third kappa shape index (κ3) is 1.73. The largest absolute Gasteiger partial charge is 0.432 e. The zero-order valence-corrected chi connectivity index (χ0v) is 8.78. The Morgan fingerprint density at radius 1 is 1.60 bits per heavy atom. The fourth-order valence-electron chi connectivity index (χ4n) is 1.22. The summed E-state index contributed by atoms with van der Waals surface area (Å²) < 4.78 is 5.25. The molecule has 0 bridgehead atoms. The molecule has 1 aromatic heterocycles. The predicted molar refractivity (Wildman–Crippen MR) is 57.0 cm³/mol. The molecule has 2 aromatic rings. The Kier molecular flexibility index (Phi) is 2.46. The van der Waals surface area contributed by atoms with E-state index in [4.69, 9.17) is 21.8 Å². The second-order valence-corrected chi connectivity index (χ2v) is 3.67. The standard InChI is InChI=1S/C10H9ClN2O2/c1-5(12)8(14)10-13-7-4-2-3-6(11)9(7)15-10/h2-5H,12H2,1H3. The van der Waals surface area contributed by atoms with Gasteiger partial charge in [-0.2, -0.15) is 0 Å². The second kappa shape index (κ2) is 3.64. The summed E-state index contributed by atoms with van der Waals surface area (Å²) >= 11 is 5.88. The van der Waals surface area contributed by atoms with Crippen LogP contribution in [0.25, 0.3) is 11.1 Å². The van der Waals surface area contributed by atoms with E-state index in [1.807, 2.05) is 0 Å². The van der Waals surface area contributed by atoms with Crippen molar-refractivity contribution in [3.05, 3.63) is 29.1 Å². The third-order valence-corrected chi connectivity index (χ3v) is 2.29. The van der Waals surface area contributed by atoms with Gasteiger partial charge in [0, 0.05) is 0 Å². The highest BCUT2D eigenvalue weighted by Gasteiger charge is 2.18. The number of aromatic nitrogens is 1. The number of hydrogen-bond acceptors (Lipinski definition) is 4. The van der Waals surface area contributed by atoms with Crippen molar-refractivity contribution in [2.75, 3.05) is 0 Å². The number of nitrogens with zero attached hydrogens (tertiary/aromatic N) is 1. The molecular formula is C10H9ClN2O2. The summed E-state index contributed by atoms with van der Waals surface area (Å²) in [5, 5.41) is 0.434. The number of hydrogen-bond donors (Lipinski definition) is 1. The van der Waals surface area contributed by atoms with E-state index in [-0.39, 0.29) is 11.7 Å². The molecule has 2 rings (SSSR count).